The lowest BCUT2D eigenvalue weighted by Crippen LogP contribution is -2.51. The summed E-state index contributed by atoms with van der Waals surface area (Å²) < 4.78 is 11.2. The average Bonchev–Trinajstić information content (AvgIpc) is 3.50. The van der Waals surface area contributed by atoms with E-state index in [4.69, 9.17) is 32.7 Å². The number of esters is 1. The maximum Gasteiger partial charge on any atom is 0.338 e. The second-order valence-corrected chi connectivity index (χ2v) is 10.2. The number of amides is 2. The van der Waals surface area contributed by atoms with Crippen molar-refractivity contribution in [2.45, 2.75) is 18.6 Å². The predicted molar refractivity (Wildman–Crippen MR) is 140 cm³/mol. The van der Waals surface area contributed by atoms with Gasteiger partial charge in [-0.1, -0.05) is 59.6 Å². The summed E-state index contributed by atoms with van der Waals surface area (Å²) in [6.07, 6.45) is -1.20. The standard InChI is InChI=1S/C29H19Cl2NO7/c1-2-38-28(37)14-10-12-15(13-11-14)32-26(35)20-21(27(32)36)29(24(33)16-6-3-4-7-17(16)25(29)34)39-23(20)18-8-5-9-19(30)22(18)31/h3-13,20-21,23H,2H2,1H3/t20-,21+,23+/m0/s1. The number of ether oxygens (including phenoxy) is 2. The highest BCUT2D eigenvalue weighted by molar-refractivity contribution is 6.42. The van der Waals surface area contributed by atoms with Gasteiger partial charge in [0.25, 0.3) is 0 Å². The summed E-state index contributed by atoms with van der Waals surface area (Å²) in [5.74, 6) is -6.02. The summed E-state index contributed by atoms with van der Waals surface area (Å²) in [5, 5.41) is 0.277. The van der Waals surface area contributed by atoms with Gasteiger partial charge in [0, 0.05) is 16.7 Å². The first-order chi connectivity index (χ1) is 18.7. The zero-order valence-corrected chi connectivity index (χ0v) is 21.9. The number of ketones is 2. The van der Waals surface area contributed by atoms with Crippen LogP contribution in [0.2, 0.25) is 10.0 Å². The molecule has 0 bridgehead atoms. The van der Waals surface area contributed by atoms with Crippen molar-refractivity contribution in [2.75, 3.05) is 11.5 Å². The first-order valence-corrected chi connectivity index (χ1v) is 12.9. The van der Waals surface area contributed by atoms with E-state index in [1.807, 2.05) is 0 Å². The van der Waals surface area contributed by atoms with Crippen LogP contribution in [0.25, 0.3) is 0 Å². The van der Waals surface area contributed by atoms with Crippen molar-refractivity contribution < 1.29 is 33.4 Å². The van der Waals surface area contributed by atoms with Gasteiger partial charge >= 0.3 is 5.97 Å². The molecule has 2 heterocycles. The fraction of sp³-hybridized carbons (Fsp3) is 0.207. The Labute approximate surface area is 232 Å². The molecule has 3 aromatic carbocycles. The Bertz CT molecular complexity index is 1560. The number of anilines is 1. The molecule has 3 atom stereocenters. The molecule has 196 valence electrons. The molecule has 10 heteroatoms. The molecule has 0 unspecified atom stereocenters. The molecule has 39 heavy (non-hydrogen) atoms. The van der Waals surface area contributed by atoms with Gasteiger partial charge in [-0.15, -0.1) is 0 Å². The van der Waals surface area contributed by atoms with Crippen LogP contribution in [-0.2, 0) is 19.1 Å². The smallest absolute Gasteiger partial charge is 0.338 e. The fourth-order valence-electron chi connectivity index (χ4n) is 5.76. The van der Waals surface area contributed by atoms with Gasteiger partial charge in [-0.25, -0.2) is 9.69 Å². The summed E-state index contributed by atoms with van der Waals surface area (Å²) in [6.45, 7) is 1.87. The van der Waals surface area contributed by atoms with E-state index in [1.165, 1.54) is 36.4 Å². The quantitative estimate of drug-likeness (QED) is 0.253. The highest BCUT2D eigenvalue weighted by atomic mass is 35.5. The minimum absolute atomic E-state index is 0.0906. The molecule has 1 aliphatic carbocycles. The Kier molecular flexibility index (Phi) is 5.95. The molecule has 8 nitrogen and oxygen atoms in total. The number of hydrogen-bond acceptors (Lipinski definition) is 7. The number of rotatable bonds is 4. The number of fused-ring (bicyclic) bond motifs is 3. The topological polar surface area (TPSA) is 107 Å². The predicted octanol–water partition coefficient (Wildman–Crippen LogP) is 4.87. The number of benzene rings is 3. The van der Waals surface area contributed by atoms with E-state index in [0.717, 1.165) is 4.90 Å². The monoisotopic (exact) mass is 563 g/mol. The van der Waals surface area contributed by atoms with E-state index in [9.17, 15) is 24.0 Å². The van der Waals surface area contributed by atoms with Gasteiger partial charge in [-0.05, 0) is 37.3 Å². The number of halogens is 2. The normalized spacial score (nSPS) is 22.9. The lowest BCUT2D eigenvalue weighted by atomic mass is 9.77. The van der Waals surface area contributed by atoms with Gasteiger partial charge in [-0.2, -0.15) is 0 Å². The summed E-state index contributed by atoms with van der Waals surface area (Å²) in [5.41, 5.74) is -1.30. The van der Waals surface area contributed by atoms with Crippen LogP contribution in [0, 0.1) is 11.8 Å². The molecule has 2 amide bonds. The van der Waals surface area contributed by atoms with Gasteiger partial charge < -0.3 is 9.47 Å². The van der Waals surface area contributed by atoms with E-state index in [1.54, 1.807) is 37.3 Å². The third-order valence-electron chi connectivity index (χ3n) is 7.44. The molecule has 2 aliphatic heterocycles. The summed E-state index contributed by atoms with van der Waals surface area (Å²) >= 11 is 12.7. The Morgan fingerprint density at radius 1 is 0.897 bits per heavy atom. The van der Waals surface area contributed by atoms with Gasteiger partial charge in [0.05, 0.1) is 45.8 Å². The van der Waals surface area contributed by atoms with Crippen molar-refractivity contribution in [1.29, 1.82) is 0 Å². The summed E-state index contributed by atoms with van der Waals surface area (Å²) in [6, 6.07) is 16.7. The van der Waals surface area contributed by atoms with Crippen molar-refractivity contribution in [3.63, 3.8) is 0 Å². The van der Waals surface area contributed by atoms with Crippen LogP contribution in [-0.4, -0.2) is 41.6 Å². The van der Waals surface area contributed by atoms with Crippen molar-refractivity contribution in [1.82, 2.24) is 0 Å². The molecule has 2 fully saturated rings. The van der Waals surface area contributed by atoms with E-state index < -0.39 is 52.9 Å². The number of imide groups is 1. The van der Waals surface area contributed by atoms with Gasteiger partial charge in [0.15, 0.2) is 0 Å². The molecule has 0 aromatic heterocycles. The summed E-state index contributed by atoms with van der Waals surface area (Å²) in [7, 11) is 0. The molecular formula is C29H19Cl2NO7. The highest BCUT2D eigenvalue weighted by Crippen LogP contribution is 2.58. The Morgan fingerprint density at radius 3 is 2.15 bits per heavy atom. The number of nitrogens with zero attached hydrogens (tertiary/aromatic N) is 1. The first kappa shape index (κ1) is 25.4. The van der Waals surface area contributed by atoms with Gasteiger partial charge in [-0.3, -0.25) is 19.2 Å². The van der Waals surface area contributed by atoms with Crippen LogP contribution < -0.4 is 4.90 Å². The third kappa shape index (κ3) is 3.45. The molecule has 6 rings (SSSR count). The molecule has 0 radical (unpaired) electrons. The van der Waals surface area contributed by atoms with Crippen LogP contribution in [0.3, 0.4) is 0 Å². The first-order valence-electron chi connectivity index (χ1n) is 12.2. The summed E-state index contributed by atoms with van der Waals surface area (Å²) in [4.78, 5) is 68.7. The minimum atomic E-state index is -2.24. The number of Topliss-reactive ketones (excluding diaryl/α,β-unsaturated/α-hetero) is 2. The maximum absolute atomic E-state index is 14.0. The molecule has 3 aromatic rings. The number of carbonyl (C=O) groups is 5. The molecule has 3 aliphatic rings. The van der Waals surface area contributed by atoms with E-state index in [-0.39, 0.29) is 44.6 Å². The largest absolute Gasteiger partial charge is 0.462 e. The fourth-order valence-corrected chi connectivity index (χ4v) is 6.17. The molecule has 1 spiro atoms. The Balaban J connectivity index is 1.49. The lowest BCUT2D eigenvalue weighted by molar-refractivity contribution is -0.127. The molecular weight excluding hydrogens is 545 g/mol. The second kappa shape index (κ2) is 9.12. The SMILES string of the molecule is CCOC(=O)c1ccc(N2C(=O)[C@@H]3[C@@H](c4cccc(Cl)c4Cl)OC4(C(=O)c5ccccc5C4=O)[C@H]3C2=O)cc1. The van der Waals surface area contributed by atoms with Crippen LogP contribution in [0.5, 0.6) is 0 Å². The Hall–Kier alpha value is -3.85. The van der Waals surface area contributed by atoms with Crippen molar-refractivity contribution in [3.05, 3.63) is 99.0 Å². The van der Waals surface area contributed by atoms with Crippen LogP contribution >= 0.6 is 23.2 Å². The van der Waals surface area contributed by atoms with Crippen LogP contribution in [0.1, 0.15) is 49.7 Å². The van der Waals surface area contributed by atoms with E-state index in [2.05, 4.69) is 0 Å². The Morgan fingerprint density at radius 2 is 1.54 bits per heavy atom. The zero-order valence-electron chi connectivity index (χ0n) is 20.4. The van der Waals surface area contributed by atoms with Crippen LogP contribution in [0.4, 0.5) is 5.69 Å². The van der Waals surface area contributed by atoms with Gasteiger partial charge in [0.1, 0.15) is 0 Å². The van der Waals surface area contributed by atoms with Crippen LogP contribution in [0.15, 0.2) is 66.7 Å². The average molecular weight is 564 g/mol. The van der Waals surface area contributed by atoms with E-state index >= 15 is 0 Å². The molecule has 0 N–H and O–H groups in total. The van der Waals surface area contributed by atoms with Crippen molar-refractivity contribution in [2.24, 2.45) is 11.8 Å². The third-order valence-corrected chi connectivity index (χ3v) is 8.28. The second-order valence-electron chi connectivity index (χ2n) is 9.40. The van der Waals surface area contributed by atoms with E-state index in [0.29, 0.717) is 0 Å². The highest BCUT2D eigenvalue weighted by Gasteiger charge is 2.75. The number of hydrogen-bond donors (Lipinski definition) is 0. The van der Waals surface area contributed by atoms with Crippen molar-refractivity contribution in [3.8, 4) is 0 Å². The van der Waals surface area contributed by atoms with Crippen molar-refractivity contribution >= 4 is 58.2 Å². The molecule has 0 saturated carbocycles. The lowest BCUT2D eigenvalue weighted by Gasteiger charge is -2.27. The number of carbonyl (C=O) groups excluding carboxylic acids is 5. The zero-order chi connectivity index (χ0) is 27.6. The maximum atomic E-state index is 14.0. The minimum Gasteiger partial charge on any atom is -0.462 e. The molecule has 2 saturated heterocycles. The van der Waals surface area contributed by atoms with Gasteiger partial charge in [0.2, 0.25) is 29.0 Å².